The van der Waals surface area contributed by atoms with Crippen molar-refractivity contribution in [3.8, 4) is 5.75 Å². The lowest BCUT2D eigenvalue weighted by Gasteiger charge is -2.34. The maximum Gasteiger partial charge on any atom is 0.169 e. The van der Waals surface area contributed by atoms with E-state index in [1.807, 2.05) is 18.2 Å². The lowest BCUT2D eigenvalue weighted by Crippen LogP contribution is -2.47. The minimum absolute atomic E-state index is 0.163. The van der Waals surface area contributed by atoms with Crippen molar-refractivity contribution in [1.29, 1.82) is 0 Å². The third-order valence-corrected chi connectivity index (χ3v) is 5.82. The van der Waals surface area contributed by atoms with Gasteiger partial charge in [0.15, 0.2) is 5.11 Å². The first-order valence-corrected chi connectivity index (χ1v) is 8.85. The van der Waals surface area contributed by atoms with E-state index in [4.69, 9.17) is 12.2 Å². The maximum atomic E-state index is 9.69. The van der Waals surface area contributed by atoms with Gasteiger partial charge in [0.2, 0.25) is 0 Å². The standard InChI is InChI=1S/C18H26N2OS/c1-3-20(12(2)14-5-4-6-16(21)11-14)18(22)19-17-10-13-7-8-15(17)9-13/h4-6,11-13,15,17,21H,3,7-10H2,1-2H3,(H,19,22)/t12-,13-,15-,17+/m0/s1. The summed E-state index contributed by atoms with van der Waals surface area (Å²) in [6.07, 6.45) is 5.43. The van der Waals surface area contributed by atoms with Crippen molar-refractivity contribution in [2.24, 2.45) is 11.8 Å². The SMILES string of the molecule is CCN(C(=S)N[C@@H]1C[C@H]2CC[C@H]1C2)[C@@H](C)c1cccc(O)c1. The van der Waals surface area contributed by atoms with E-state index in [1.165, 1.54) is 25.7 Å². The fourth-order valence-electron chi connectivity index (χ4n) is 4.22. The van der Waals surface area contributed by atoms with Gasteiger partial charge in [-0.05, 0) is 74.9 Å². The summed E-state index contributed by atoms with van der Waals surface area (Å²) in [5.74, 6) is 2.05. The number of phenolic OH excluding ortho intramolecular Hbond substituents is 1. The molecule has 1 aromatic rings. The van der Waals surface area contributed by atoms with Crippen molar-refractivity contribution in [2.75, 3.05) is 6.54 Å². The molecule has 0 radical (unpaired) electrons. The highest BCUT2D eigenvalue weighted by atomic mass is 32.1. The smallest absolute Gasteiger partial charge is 0.169 e. The van der Waals surface area contributed by atoms with Crippen LogP contribution in [-0.2, 0) is 0 Å². The first-order chi connectivity index (χ1) is 10.6. The summed E-state index contributed by atoms with van der Waals surface area (Å²) in [6.45, 7) is 5.14. The summed E-state index contributed by atoms with van der Waals surface area (Å²) < 4.78 is 0. The number of aromatic hydroxyl groups is 1. The summed E-state index contributed by atoms with van der Waals surface area (Å²) in [5.41, 5.74) is 1.10. The van der Waals surface area contributed by atoms with Gasteiger partial charge >= 0.3 is 0 Å². The zero-order valence-electron chi connectivity index (χ0n) is 13.5. The molecule has 0 heterocycles. The predicted octanol–water partition coefficient (Wildman–Crippen LogP) is 3.84. The molecule has 0 unspecified atom stereocenters. The normalized spacial score (nSPS) is 27.6. The van der Waals surface area contributed by atoms with E-state index < -0.39 is 0 Å². The molecule has 3 rings (SSSR count). The van der Waals surface area contributed by atoms with E-state index in [0.29, 0.717) is 11.8 Å². The lowest BCUT2D eigenvalue weighted by molar-refractivity contribution is 0.323. The van der Waals surface area contributed by atoms with Crippen LogP contribution in [0.15, 0.2) is 24.3 Å². The molecule has 3 nitrogen and oxygen atoms in total. The van der Waals surface area contributed by atoms with E-state index in [0.717, 1.165) is 29.1 Å². The highest BCUT2D eigenvalue weighted by Crippen LogP contribution is 2.44. The fraction of sp³-hybridized carbons (Fsp3) is 0.611. The molecule has 0 aliphatic heterocycles. The molecule has 22 heavy (non-hydrogen) atoms. The molecule has 2 fully saturated rings. The van der Waals surface area contributed by atoms with E-state index in [-0.39, 0.29) is 6.04 Å². The van der Waals surface area contributed by atoms with Crippen LogP contribution in [-0.4, -0.2) is 27.7 Å². The van der Waals surface area contributed by atoms with Gasteiger partial charge in [-0.1, -0.05) is 18.6 Å². The molecule has 2 aliphatic carbocycles. The van der Waals surface area contributed by atoms with Gasteiger partial charge < -0.3 is 15.3 Å². The van der Waals surface area contributed by atoms with Crippen molar-refractivity contribution >= 4 is 17.3 Å². The molecule has 120 valence electrons. The number of rotatable bonds is 4. The number of hydrogen-bond acceptors (Lipinski definition) is 2. The van der Waals surface area contributed by atoms with Gasteiger partial charge in [0.1, 0.15) is 5.75 Å². The second kappa shape index (κ2) is 6.45. The monoisotopic (exact) mass is 318 g/mol. The Hall–Kier alpha value is -1.29. The molecule has 4 heteroatoms. The molecule has 0 aromatic heterocycles. The number of thiocarbonyl (C=S) groups is 1. The molecular formula is C18H26N2OS. The number of nitrogens with one attached hydrogen (secondary N) is 1. The van der Waals surface area contributed by atoms with Crippen LogP contribution >= 0.6 is 12.2 Å². The predicted molar refractivity (Wildman–Crippen MR) is 93.9 cm³/mol. The topological polar surface area (TPSA) is 35.5 Å². The first-order valence-electron chi connectivity index (χ1n) is 8.44. The molecular weight excluding hydrogens is 292 g/mol. The third-order valence-electron chi connectivity index (χ3n) is 5.47. The molecule has 4 atom stereocenters. The van der Waals surface area contributed by atoms with Gasteiger partial charge in [0.25, 0.3) is 0 Å². The van der Waals surface area contributed by atoms with E-state index >= 15 is 0 Å². The number of hydrogen-bond donors (Lipinski definition) is 2. The number of fused-ring (bicyclic) bond motifs is 2. The van der Waals surface area contributed by atoms with Crippen LogP contribution in [0.25, 0.3) is 0 Å². The molecule has 0 amide bonds. The second-order valence-corrected chi connectivity index (χ2v) is 7.17. The summed E-state index contributed by atoms with van der Waals surface area (Å²) in [6, 6.07) is 8.20. The van der Waals surface area contributed by atoms with Gasteiger partial charge in [-0.15, -0.1) is 0 Å². The van der Waals surface area contributed by atoms with Gasteiger partial charge in [-0.25, -0.2) is 0 Å². The largest absolute Gasteiger partial charge is 0.508 e. The van der Waals surface area contributed by atoms with E-state index in [9.17, 15) is 5.11 Å². The van der Waals surface area contributed by atoms with E-state index in [1.54, 1.807) is 6.07 Å². The second-order valence-electron chi connectivity index (χ2n) is 6.79. The number of nitrogens with zero attached hydrogens (tertiary/aromatic N) is 1. The van der Waals surface area contributed by atoms with Gasteiger partial charge in [0.05, 0.1) is 6.04 Å². The van der Waals surface area contributed by atoms with Crippen molar-refractivity contribution < 1.29 is 5.11 Å². The van der Waals surface area contributed by atoms with Gasteiger partial charge in [-0.3, -0.25) is 0 Å². The van der Waals surface area contributed by atoms with Crippen LogP contribution in [0.3, 0.4) is 0 Å². The van der Waals surface area contributed by atoms with Crippen LogP contribution < -0.4 is 5.32 Å². The zero-order chi connectivity index (χ0) is 15.7. The average molecular weight is 318 g/mol. The van der Waals surface area contributed by atoms with Crippen molar-refractivity contribution in [3.63, 3.8) is 0 Å². The minimum atomic E-state index is 0.163. The molecule has 0 saturated heterocycles. The number of benzene rings is 1. The Morgan fingerprint density at radius 2 is 2.23 bits per heavy atom. The van der Waals surface area contributed by atoms with Gasteiger partial charge in [0, 0.05) is 12.6 Å². The quantitative estimate of drug-likeness (QED) is 0.827. The Morgan fingerprint density at radius 3 is 2.82 bits per heavy atom. The summed E-state index contributed by atoms with van der Waals surface area (Å²) in [7, 11) is 0. The Labute approximate surface area is 138 Å². The average Bonchev–Trinajstić information content (AvgIpc) is 3.10. The van der Waals surface area contributed by atoms with E-state index in [2.05, 4.69) is 24.1 Å². The number of phenols is 1. The summed E-state index contributed by atoms with van der Waals surface area (Å²) in [4.78, 5) is 2.22. The highest BCUT2D eigenvalue weighted by Gasteiger charge is 2.40. The molecule has 2 N–H and O–H groups in total. The van der Waals surface area contributed by atoms with Crippen LogP contribution in [0, 0.1) is 11.8 Å². The van der Waals surface area contributed by atoms with Crippen LogP contribution in [0.4, 0.5) is 0 Å². The zero-order valence-corrected chi connectivity index (χ0v) is 14.3. The van der Waals surface area contributed by atoms with Crippen LogP contribution in [0.5, 0.6) is 5.75 Å². The van der Waals surface area contributed by atoms with Crippen molar-refractivity contribution in [1.82, 2.24) is 10.2 Å². The summed E-state index contributed by atoms with van der Waals surface area (Å²) in [5, 5.41) is 14.2. The van der Waals surface area contributed by atoms with Crippen molar-refractivity contribution in [2.45, 2.75) is 51.6 Å². The highest BCUT2D eigenvalue weighted by molar-refractivity contribution is 7.80. The molecule has 2 saturated carbocycles. The van der Waals surface area contributed by atoms with Crippen molar-refractivity contribution in [3.05, 3.63) is 29.8 Å². The Bertz CT molecular complexity index is 548. The Kier molecular flexibility index (Phi) is 4.57. The van der Waals surface area contributed by atoms with Gasteiger partial charge in [-0.2, -0.15) is 0 Å². The lowest BCUT2D eigenvalue weighted by atomic mass is 9.95. The minimum Gasteiger partial charge on any atom is -0.508 e. The Balaban J connectivity index is 1.66. The van der Waals surface area contributed by atoms with Crippen LogP contribution in [0.1, 0.15) is 51.1 Å². The molecule has 2 aliphatic rings. The first kappa shape index (κ1) is 15.6. The molecule has 0 spiro atoms. The Morgan fingerprint density at radius 1 is 1.41 bits per heavy atom. The maximum absolute atomic E-state index is 9.69. The molecule has 1 aromatic carbocycles. The molecule has 2 bridgehead atoms. The fourth-order valence-corrected chi connectivity index (χ4v) is 4.66. The van der Waals surface area contributed by atoms with Crippen LogP contribution in [0.2, 0.25) is 0 Å². The summed E-state index contributed by atoms with van der Waals surface area (Å²) >= 11 is 5.69. The third kappa shape index (κ3) is 3.07.